The zero-order chi connectivity index (χ0) is 22.7. The van der Waals surface area contributed by atoms with Gasteiger partial charge in [-0.15, -0.1) is 0 Å². The van der Waals surface area contributed by atoms with Crippen molar-refractivity contribution >= 4 is 36.3 Å². The molecule has 0 bridgehead atoms. The summed E-state index contributed by atoms with van der Waals surface area (Å²) >= 11 is 3.95. The smallest absolute Gasteiger partial charge is 0.327 e. The van der Waals surface area contributed by atoms with Gasteiger partial charge in [-0.3, -0.25) is 14.4 Å². The van der Waals surface area contributed by atoms with E-state index in [2.05, 4.69) is 28.6 Å². The zero-order valence-electron chi connectivity index (χ0n) is 17.1. The van der Waals surface area contributed by atoms with Gasteiger partial charge in [0.15, 0.2) is 0 Å². The average molecular weight is 439 g/mol. The van der Waals surface area contributed by atoms with Crippen molar-refractivity contribution in [2.75, 3.05) is 12.3 Å². The molecule has 10 heteroatoms. The van der Waals surface area contributed by atoms with Gasteiger partial charge in [-0.1, -0.05) is 50.6 Å². The Hall–Kier alpha value is -2.59. The molecule has 0 aliphatic heterocycles. The number of carboxylic acids is 1. The molecule has 0 heterocycles. The number of hydrogen-bond acceptors (Lipinski definition) is 6. The predicted molar refractivity (Wildman–Crippen MR) is 116 cm³/mol. The van der Waals surface area contributed by atoms with Gasteiger partial charge in [0.05, 0.1) is 6.54 Å². The van der Waals surface area contributed by atoms with E-state index in [4.69, 9.17) is 5.73 Å². The van der Waals surface area contributed by atoms with Crippen molar-refractivity contribution in [1.82, 2.24) is 16.0 Å². The van der Waals surface area contributed by atoms with Gasteiger partial charge >= 0.3 is 5.97 Å². The maximum absolute atomic E-state index is 12.9. The normalized spacial score (nSPS) is 14.7. The third-order valence-corrected chi connectivity index (χ3v) is 5.08. The summed E-state index contributed by atoms with van der Waals surface area (Å²) in [5.74, 6) is -3.21. The second kappa shape index (κ2) is 12.9. The van der Waals surface area contributed by atoms with E-state index in [1.54, 1.807) is 31.2 Å². The van der Waals surface area contributed by atoms with Gasteiger partial charge in [0.2, 0.25) is 17.7 Å². The van der Waals surface area contributed by atoms with Crippen molar-refractivity contribution in [2.45, 2.75) is 44.8 Å². The van der Waals surface area contributed by atoms with Gasteiger partial charge in [-0.05, 0) is 11.5 Å². The molecule has 166 valence electrons. The van der Waals surface area contributed by atoms with Crippen LogP contribution in [0.2, 0.25) is 0 Å². The molecule has 1 aromatic carbocycles. The molecule has 0 aromatic heterocycles. The molecule has 0 radical (unpaired) electrons. The fraction of sp³-hybridized carbons (Fsp3) is 0.500. The molecule has 1 rings (SSSR count). The van der Waals surface area contributed by atoms with Crippen molar-refractivity contribution in [3.8, 4) is 0 Å². The van der Waals surface area contributed by atoms with Crippen LogP contribution in [0.15, 0.2) is 30.3 Å². The minimum Gasteiger partial charge on any atom is -0.480 e. The van der Waals surface area contributed by atoms with Crippen molar-refractivity contribution in [2.24, 2.45) is 11.7 Å². The van der Waals surface area contributed by atoms with Crippen LogP contribution in [0, 0.1) is 5.92 Å². The minimum atomic E-state index is -1.23. The third-order valence-electron chi connectivity index (χ3n) is 4.71. The Morgan fingerprint density at radius 2 is 1.63 bits per heavy atom. The van der Waals surface area contributed by atoms with E-state index in [1.165, 1.54) is 0 Å². The van der Waals surface area contributed by atoms with Crippen LogP contribution in [0.4, 0.5) is 0 Å². The summed E-state index contributed by atoms with van der Waals surface area (Å²) in [6, 6.07) is 5.88. The molecule has 3 amide bonds. The molecule has 0 saturated heterocycles. The van der Waals surface area contributed by atoms with Crippen molar-refractivity contribution in [3.63, 3.8) is 0 Å². The average Bonchev–Trinajstić information content (AvgIpc) is 2.74. The first-order valence-electron chi connectivity index (χ1n) is 9.71. The molecule has 0 fully saturated rings. The Labute approximate surface area is 181 Å². The molecule has 1 aromatic rings. The van der Waals surface area contributed by atoms with Gasteiger partial charge in [0.1, 0.15) is 18.1 Å². The third kappa shape index (κ3) is 8.03. The van der Waals surface area contributed by atoms with Gasteiger partial charge in [-0.2, -0.15) is 12.6 Å². The Bertz CT molecular complexity index is 731. The summed E-state index contributed by atoms with van der Waals surface area (Å²) in [6.45, 7) is 3.41. The Morgan fingerprint density at radius 1 is 1.03 bits per heavy atom. The highest BCUT2D eigenvalue weighted by atomic mass is 32.1. The van der Waals surface area contributed by atoms with Crippen LogP contribution in [0.5, 0.6) is 0 Å². The van der Waals surface area contributed by atoms with Gasteiger partial charge in [-0.25, -0.2) is 4.79 Å². The zero-order valence-corrected chi connectivity index (χ0v) is 18.0. The van der Waals surface area contributed by atoms with Crippen LogP contribution in [0.25, 0.3) is 0 Å². The fourth-order valence-corrected chi connectivity index (χ4v) is 2.96. The monoisotopic (exact) mass is 438 g/mol. The number of hydrogen-bond donors (Lipinski definition) is 6. The van der Waals surface area contributed by atoms with Crippen molar-refractivity contribution in [3.05, 3.63) is 35.9 Å². The first kappa shape index (κ1) is 25.4. The molecule has 0 spiro atoms. The summed E-state index contributed by atoms with van der Waals surface area (Å²) in [5.41, 5.74) is 6.12. The molecule has 0 aliphatic carbocycles. The molecule has 30 heavy (non-hydrogen) atoms. The van der Waals surface area contributed by atoms with E-state index in [1.807, 2.05) is 13.0 Å². The molecule has 9 nitrogen and oxygen atoms in total. The van der Waals surface area contributed by atoms with Crippen LogP contribution >= 0.6 is 12.6 Å². The largest absolute Gasteiger partial charge is 0.480 e. The SMILES string of the molecule is CCC(C)C(NC(=O)CN)C(=O)NC(Cc1ccccc1)C(=O)NC(CS)C(=O)O. The number of carbonyl (C=O) groups excluding carboxylic acids is 3. The number of amides is 3. The van der Waals surface area contributed by atoms with E-state index in [9.17, 15) is 24.3 Å². The number of nitrogens with two attached hydrogens (primary N) is 1. The highest BCUT2D eigenvalue weighted by Gasteiger charge is 2.31. The lowest BCUT2D eigenvalue weighted by molar-refractivity contribution is -0.141. The van der Waals surface area contributed by atoms with E-state index >= 15 is 0 Å². The molecular formula is C20H30N4O5S. The molecular weight excluding hydrogens is 408 g/mol. The molecule has 4 unspecified atom stereocenters. The second-order valence-corrected chi connectivity index (χ2v) is 7.33. The van der Waals surface area contributed by atoms with Crippen molar-refractivity contribution < 1.29 is 24.3 Å². The number of rotatable bonds is 12. The Balaban J connectivity index is 3.06. The first-order chi connectivity index (χ1) is 14.2. The van der Waals surface area contributed by atoms with Gasteiger partial charge in [0, 0.05) is 12.2 Å². The van der Waals surface area contributed by atoms with Crippen LogP contribution in [0.1, 0.15) is 25.8 Å². The molecule has 0 aliphatic rings. The minimum absolute atomic E-state index is 0.102. The van der Waals surface area contributed by atoms with E-state index in [0.717, 1.165) is 5.56 Å². The number of nitrogens with one attached hydrogen (secondary N) is 3. The quantitative estimate of drug-likeness (QED) is 0.247. The fourth-order valence-electron chi connectivity index (χ4n) is 2.71. The summed E-state index contributed by atoms with van der Waals surface area (Å²) < 4.78 is 0. The van der Waals surface area contributed by atoms with Crippen LogP contribution in [-0.4, -0.2) is 59.2 Å². The number of carbonyl (C=O) groups is 4. The standard InChI is InChI=1S/C20H30N4O5S/c1-3-12(2)17(24-16(25)10-21)19(27)22-14(9-13-7-5-4-6-8-13)18(26)23-15(11-30)20(28)29/h4-8,12,14-15,17,30H,3,9-11,21H2,1-2H3,(H,22,27)(H,23,26)(H,24,25)(H,28,29). The van der Waals surface area contributed by atoms with Crippen LogP contribution in [-0.2, 0) is 25.6 Å². The van der Waals surface area contributed by atoms with Crippen LogP contribution < -0.4 is 21.7 Å². The van der Waals surface area contributed by atoms with Crippen molar-refractivity contribution in [1.29, 1.82) is 0 Å². The van der Waals surface area contributed by atoms with Crippen LogP contribution in [0.3, 0.4) is 0 Å². The molecule has 0 saturated carbocycles. The topological polar surface area (TPSA) is 151 Å². The summed E-state index contributed by atoms with van der Waals surface area (Å²) in [6.07, 6.45) is 0.759. The van der Waals surface area contributed by atoms with E-state index < -0.39 is 41.8 Å². The van der Waals surface area contributed by atoms with Gasteiger partial charge in [0.25, 0.3) is 0 Å². The summed E-state index contributed by atoms with van der Waals surface area (Å²) in [5, 5.41) is 16.8. The lowest BCUT2D eigenvalue weighted by atomic mass is 9.97. The number of benzene rings is 1. The van der Waals surface area contributed by atoms with E-state index in [0.29, 0.717) is 6.42 Å². The second-order valence-electron chi connectivity index (χ2n) is 6.97. The lowest BCUT2D eigenvalue weighted by Crippen LogP contribution is -2.58. The Morgan fingerprint density at radius 3 is 2.13 bits per heavy atom. The lowest BCUT2D eigenvalue weighted by Gasteiger charge is -2.27. The highest BCUT2D eigenvalue weighted by Crippen LogP contribution is 2.10. The number of carboxylic acid groups (broad SMARTS) is 1. The summed E-state index contributed by atoms with van der Waals surface area (Å²) in [4.78, 5) is 48.7. The number of thiol groups is 1. The van der Waals surface area contributed by atoms with E-state index in [-0.39, 0.29) is 24.6 Å². The maximum atomic E-state index is 12.9. The maximum Gasteiger partial charge on any atom is 0.327 e. The first-order valence-corrected chi connectivity index (χ1v) is 10.3. The molecule has 4 atom stereocenters. The molecule has 6 N–H and O–H groups in total. The highest BCUT2D eigenvalue weighted by molar-refractivity contribution is 7.80. The Kier molecular flexibility index (Phi) is 10.9. The van der Waals surface area contributed by atoms with Gasteiger partial charge < -0.3 is 26.8 Å². The summed E-state index contributed by atoms with van der Waals surface area (Å²) in [7, 11) is 0. The predicted octanol–water partition coefficient (Wildman–Crippen LogP) is -0.297. The number of aliphatic carboxylic acids is 1.